The zero-order valence-electron chi connectivity index (χ0n) is 24.3. The van der Waals surface area contributed by atoms with Crippen molar-refractivity contribution in [2.45, 2.75) is 129 Å². The Labute approximate surface area is 217 Å². The van der Waals surface area contributed by atoms with E-state index < -0.39 is 69.2 Å². The van der Waals surface area contributed by atoms with Crippen molar-refractivity contribution in [3.8, 4) is 0 Å². The normalized spacial score (nSPS) is 39.4. The van der Waals surface area contributed by atoms with Crippen molar-refractivity contribution in [3.63, 3.8) is 0 Å². The zero-order valence-corrected chi connectivity index (χ0v) is 29.3. The van der Waals surface area contributed by atoms with Gasteiger partial charge in [0.15, 0.2) is 0 Å². The first-order chi connectivity index (χ1) is 14.8. The molecule has 0 amide bonds. The number of rotatable bonds is 0. The van der Waals surface area contributed by atoms with Gasteiger partial charge >= 0.3 is 44.0 Å². The van der Waals surface area contributed by atoms with Crippen molar-refractivity contribution in [1.82, 2.24) is 0 Å². The molecule has 1 aliphatic heterocycles. The van der Waals surface area contributed by atoms with Gasteiger partial charge < -0.3 is 44.6 Å². The van der Waals surface area contributed by atoms with Crippen LogP contribution in [0.1, 0.15) is 104 Å². The first-order valence-corrected chi connectivity index (χ1v) is 20.7. The summed E-state index contributed by atoms with van der Waals surface area (Å²) in [6, 6.07) is 0. The molecule has 1 aliphatic rings. The van der Waals surface area contributed by atoms with Gasteiger partial charge in [-0.05, 0) is 0 Å². The van der Waals surface area contributed by atoms with E-state index in [-0.39, 0.29) is 0 Å². The molecule has 1 heterocycles. The Morgan fingerprint density at radius 1 is 0.286 bits per heavy atom. The fourth-order valence-corrected chi connectivity index (χ4v) is 25.0. The number of hydrogen-bond acceptors (Lipinski definition) is 10. The highest BCUT2D eigenvalue weighted by Crippen LogP contribution is 2.53. The van der Waals surface area contributed by atoms with Gasteiger partial charge in [-0.15, -0.1) is 0 Å². The molecule has 1 fully saturated rings. The minimum Gasteiger partial charge on any atom is -0.390 e. The van der Waals surface area contributed by atoms with Crippen molar-refractivity contribution in [1.29, 1.82) is 0 Å². The number of hydrogen-bond donors (Lipinski definition) is 5. The summed E-state index contributed by atoms with van der Waals surface area (Å²) in [6.45, 7) is 25.0. The van der Waals surface area contributed by atoms with E-state index in [2.05, 4.69) is 0 Å². The zero-order chi connectivity index (χ0) is 28.5. The molecular weight excluding hydrogens is 541 g/mol. The molecule has 0 radical (unpaired) electrons. The van der Waals surface area contributed by atoms with E-state index in [0.29, 0.717) is 0 Å². The Morgan fingerprint density at radius 3 is 0.429 bits per heavy atom. The maximum absolute atomic E-state index is 12.0. The fraction of sp³-hybridized carbons (Fsp3) is 1.00. The largest absolute Gasteiger partial charge is 0.489 e. The Bertz CT molecular complexity index is 613. The van der Waals surface area contributed by atoms with E-state index in [1.807, 2.05) is 0 Å². The van der Waals surface area contributed by atoms with Crippen molar-refractivity contribution >= 4 is 44.0 Å². The van der Waals surface area contributed by atoms with Crippen LogP contribution >= 0.6 is 0 Å². The average molecular weight is 591 g/mol. The van der Waals surface area contributed by atoms with Crippen LogP contribution in [-0.4, -0.2) is 68.0 Å². The summed E-state index contributed by atoms with van der Waals surface area (Å²) in [5, 5.41) is -5.48. The monoisotopic (exact) mass is 590 g/mol. The molecule has 0 aliphatic carbocycles. The minimum absolute atomic E-state index is 1.10. The van der Waals surface area contributed by atoms with Crippen LogP contribution in [0.2, 0.25) is 25.2 Å². The third-order valence-electron chi connectivity index (χ3n) is 6.12. The Balaban J connectivity index is 4.20. The summed E-state index contributed by atoms with van der Waals surface area (Å²) >= 11 is 0. The van der Waals surface area contributed by atoms with Gasteiger partial charge in [0.05, 0.1) is 0 Å². The van der Waals surface area contributed by atoms with Gasteiger partial charge in [0.1, 0.15) is 0 Å². The van der Waals surface area contributed by atoms with E-state index >= 15 is 0 Å². The van der Waals surface area contributed by atoms with Gasteiger partial charge in [-0.2, -0.15) is 0 Å². The molecule has 0 unspecified atom stereocenters. The summed E-state index contributed by atoms with van der Waals surface area (Å²) in [6.07, 6.45) is 0. The molecule has 35 heavy (non-hydrogen) atoms. The van der Waals surface area contributed by atoms with E-state index in [4.69, 9.17) is 20.6 Å². The van der Waals surface area contributed by atoms with Gasteiger partial charge in [-0.3, -0.25) is 0 Å². The highest BCUT2D eigenvalue weighted by Gasteiger charge is 2.75. The predicted molar refractivity (Wildman–Crippen MR) is 144 cm³/mol. The van der Waals surface area contributed by atoms with Crippen LogP contribution < -0.4 is 0 Å². The SMILES string of the molecule is CC(C)(C)[Si]1(O)O[Si](O)(C(C)(C)C)O[Si](O)(C(C)(C)C)O[Si](O)(C(C)(C)C)O[Si](O)(C(C)(C)C)O1. The lowest BCUT2D eigenvalue weighted by molar-refractivity contribution is 0.0313. The van der Waals surface area contributed by atoms with E-state index in [1.165, 1.54) is 0 Å². The predicted octanol–water partition coefficient (Wildman–Crippen LogP) is 3.74. The fourth-order valence-electron chi connectivity index (χ4n) is 2.57. The van der Waals surface area contributed by atoms with Crippen LogP contribution in [0.4, 0.5) is 0 Å². The molecule has 0 atom stereocenters. The van der Waals surface area contributed by atoms with Crippen LogP contribution in [0.3, 0.4) is 0 Å². The minimum atomic E-state index is -4.57. The first kappa shape index (κ1) is 33.7. The summed E-state index contributed by atoms with van der Waals surface area (Å²) in [7, 11) is -22.8. The third-order valence-corrected chi connectivity index (χ3v) is 26.7. The van der Waals surface area contributed by atoms with Crippen LogP contribution in [-0.2, 0) is 20.6 Å². The Morgan fingerprint density at radius 2 is 0.371 bits per heavy atom. The Kier molecular flexibility index (Phi) is 8.79. The van der Waals surface area contributed by atoms with Crippen molar-refractivity contribution in [3.05, 3.63) is 0 Å². The molecule has 0 aromatic rings. The second-order valence-corrected chi connectivity index (χ2v) is 32.1. The summed E-state index contributed by atoms with van der Waals surface area (Å²) in [5.74, 6) is 0. The molecule has 0 aromatic heterocycles. The van der Waals surface area contributed by atoms with E-state index in [9.17, 15) is 24.0 Å². The quantitative estimate of drug-likeness (QED) is 0.264. The molecule has 15 heteroatoms. The molecule has 0 saturated carbocycles. The molecule has 5 N–H and O–H groups in total. The van der Waals surface area contributed by atoms with Crippen LogP contribution in [0.5, 0.6) is 0 Å². The smallest absolute Gasteiger partial charge is 0.390 e. The van der Waals surface area contributed by atoms with Gasteiger partial charge in [-0.25, -0.2) is 0 Å². The molecule has 10 nitrogen and oxygen atoms in total. The van der Waals surface area contributed by atoms with Gasteiger partial charge in [0.25, 0.3) is 0 Å². The Hall–Kier alpha value is 0.684. The maximum atomic E-state index is 12.0. The highest BCUT2D eigenvalue weighted by atomic mass is 28.6. The van der Waals surface area contributed by atoms with Gasteiger partial charge in [0, 0.05) is 25.2 Å². The molecule has 210 valence electrons. The second kappa shape index (κ2) is 9.12. The van der Waals surface area contributed by atoms with Crippen LogP contribution in [0, 0.1) is 0 Å². The molecular formula is C20H50O10Si5. The molecule has 0 aromatic carbocycles. The summed E-state index contributed by atoms with van der Waals surface area (Å²) in [4.78, 5) is 59.9. The lowest BCUT2D eigenvalue weighted by atomic mass is 10.3. The standard InChI is InChI=1S/C20H50O10Si5/c1-16(2,3)31(21)26-32(22,17(4,5)6)28-34(24,19(10,11)12)30-35(25,20(13,14)15)29-33(23,27-31)18(7,8)9/h21-25H,1-15H3. The van der Waals surface area contributed by atoms with Crippen molar-refractivity contribution < 1.29 is 44.6 Å². The first-order valence-electron chi connectivity index (χ1n) is 11.9. The molecule has 0 spiro atoms. The van der Waals surface area contributed by atoms with Crippen LogP contribution in [0.15, 0.2) is 0 Å². The molecule has 0 bridgehead atoms. The summed E-state index contributed by atoms with van der Waals surface area (Å²) in [5.41, 5.74) is 0. The van der Waals surface area contributed by atoms with Gasteiger partial charge in [0.2, 0.25) is 0 Å². The van der Waals surface area contributed by atoms with Gasteiger partial charge in [-0.1, -0.05) is 104 Å². The van der Waals surface area contributed by atoms with E-state index in [0.717, 1.165) is 0 Å². The van der Waals surface area contributed by atoms with E-state index in [1.54, 1.807) is 104 Å². The van der Waals surface area contributed by atoms with Crippen LogP contribution in [0.25, 0.3) is 0 Å². The second-order valence-electron chi connectivity index (χ2n) is 14.7. The molecule has 1 saturated heterocycles. The lowest BCUT2D eigenvalue weighted by Crippen LogP contribution is -2.77. The lowest BCUT2D eigenvalue weighted by Gasteiger charge is -2.54. The van der Waals surface area contributed by atoms with Crippen molar-refractivity contribution in [2.75, 3.05) is 0 Å². The van der Waals surface area contributed by atoms with Crippen molar-refractivity contribution in [2.24, 2.45) is 0 Å². The third kappa shape index (κ3) is 6.47. The maximum Gasteiger partial charge on any atom is 0.489 e. The molecule has 1 rings (SSSR count). The topological polar surface area (TPSA) is 147 Å². The highest BCUT2D eigenvalue weighted by molar-refractivity contribution is 6.91. The average Bonchev–Trinajstić information content (AvgIpc) is 2.47. The summed E-state index contributed by atoms with van der Waals surface area (Å²) < 4.78 is 30.7.